The molecule has 0 aliphatic carbocycles. The number of benzene rings is 2. The Balaban J connectivity index is 1.95. The van der Waals surface area contributed by atoms with Gasteiger partial charge in [0.2, 0.25) is 5.91 Å². The maximum atomic E-state index is 11.1. The van der Waals surface area contributed by atoms with E-state index in [2.05, 4.69) is 27.3 Å². The van der Waals surface area contributed by atoms with Crippen molar-refractivity contribution in [2.75, 3.05) is 17.3 Å². The molecule has 0 fully saturated rings. The summed E-state index contributed by atoms with van der Waals surface area (Å²) in [4.78, 5) is 17.5. The lowest BCUT2D eigenvalue weighted by molar-refractivity contribution is -0.114. The van der Waals surface area contributed by atoms with Crippen LogP contribution in [-0.4, -0.2) is 17.9 Å². The van der Waals surface area contributed by atoms with Gasteiger partial charge in [0, 0.05) is 42.3 Å². The van der Waals surface area contributed by atoms with Crippen molar-refractivity contribution in [3.63, 3.8) is 0 Å². The van der Waals surface area contributed by atoms with Crippen molar-refractivity contribution in [2.24, 2.45) is 0 Å². The topological polar surface area (TPSA) is 45.2 Å². The van der Waals surface area contributed by atoms with E-state index in [1.54, 1.807) is 0 Å². The van der Waals surface area contributed by atoms with Gasteiger partial charge in [0.15, 0.2) is 0 Å². The highest BCUT2D eigenvalue weighted by atomic mass is 16.1. The number of amides is 1. The van der Waals surface area contributed by atoms with Crippen molar-refractivity contribution < 1.29 is 4.79 Å². The largest absolute Gasteiger partial charge is 0.343 e. The first-order chi connectivity index (χ1) is 10.6. The van der Waals surface area contributed by atoms with Crippen LogP contribution in [0.4, 0.5) is 17.1 Å². The van der Waals surface area contributed by atoms with Crippen molar-refractivity contribution in [3.8, 4) is 0 Å². The van der Waals surface area contributed by atoms with Gasteiger partial charge in [-0.1, -0.05) is 24.3 Å². The van der Waals surface area contributed by atoms with Gasteiger partial charge in [-0.3, -0.25) is 9.78 Å². The van der Waals surface area contributed by atoms with Gasteiger partial charge in [0.25, 0.3) is 0 Å². The highest BCUT2D eigenvalue weighted by Crippen LogP contribution is 2.30. The third-order valence-corrected chi connectivity index (χ3v) is 3.58. The van der Waals surface area contributed by atoms with Gasteiger partial charge in [-0.2, -0.15) is 0 Å². The number of carbonyl (C=O) groups is 1. The molecule has 4 heteroatoms. The molecule has 0 saturated heterocycles. The summed E-state index contributed by atoms with van der Waals surface area (Å²) in [5, 5.41) is 5.04. The molecular weight excluding hydrogens is 274 g/mol. The van der Waals surface area contributed by atoms with Gasteiger partial charge in [0.05, 0.1) is 11.9 Å². The lowest BCUT2D eigenvalue weighted by Gasteiger charge is -2.21. The van der Waals surface area contributed by atoms with Crippen molar-refractivity contribution in [1.29, 1.82) is 0 Å². The molecule has 1 heterocycles. The molecule has 1 amide bonds. The van der Waals surface area contributed by atoms with Crippen LogP contribution in [0, 0.1) is 0 Å². The van der Waals surface area contributed by atoms with Crippen molar-refractivity contribution >= 4 is 33.7 Å². The zero-order valence-corrected chi connectivity index (χ0v) is 12.6. The van der Waals surface area contributed by atoms with E-state index in [1.165, 1.54) is 6.92 Å². The Kier molecular flexibility index (Phi) is 3.74. The molecule has 0 spiro atoms. The minimum absolute atomic E-state index is 0.0700. The van der Waals surface area contributed by atoms with Crippen LogP contribution in [-0.2, 0) is 4.79 Å². The van der Waals surface area contributed by atoms with Gasteiger partial charge in [0.1, 0.15) is 0 Å². The lowest BCUT2D eigenvalue weighted by Crippen LogP contribution is -2.11. The summed E-state index contributed by atoms with van der Waals surface area (Å²) in [6.07, 6.45) is 3.73. The Bertz CT molecular complexity index is 807. The fraction of sp³-hybridized carbons (Fsp3) is 0.111. The monoisotopic (exact) mass is 291 g/mol. The molecule has 0 saturated carbocycles. The summed E-state index contributed by atoms with van der Waals surface area (Å²) in [6.45, 7) is 1.50. The summed E-state index contributed by atoms with van der Waals surface area (Å²) in [7, 11) is 2.01. The molecule has 0 unspecified atom stereocenters. The average molecular weight is 291 g/mol. The molecule has 1 aromatic heterocycles. The highest BCUT2D eigenvalue weighted by Gasteiger charge is 2.08. The standard InChI is InChI=1S/C18H17N3O/c1-13(22)20-15-7-9-16(10-8-15)21(2)18-12-19-11-14-5-3-4-6-17(14)18/h3-12H,1-2H3,(H,20,22). The summed E-state index contributed by atoms with van der Waals surface area (Å²) >= 11 is 0. The molecule has 22 heavy (non-hydrogen) atoms. The second kappa shape index (κ2) is 5.85. The minimum Gasteiger partial charge on any atom is -0.343 e. The fourth-order valence-corrected chi connectivity index (χ4v) is 2.48. The van der Waals surface area contributed by atoms with Crippen molar-refractivity contribution in [3.05, 3.63) is 60.9 Å². The van der Waals surface area contributed by atoms with E-state index in [9.17, 15) is 4.79 Å². The van der Waals surface area contributed by atoms with Gasteiger partial charge in [-0.15, -0.1) is 0 Å². The summed E-state index contributed by atoms with van der Waals surface area (Å²) in [5.74, 6) is -0.0700. The maximum Gasteiger partial charge on any atom is 0.221 e. The van der Waals surface area contributed by atoms with Crippen LogP contribution in [0.5, 0.6) is 0 Å². The number of fused-ring (bicyclic) bond motifs is 1. The van der Waals surface area contributed by atoms with E-state index in [-0.39, 0.29) is 5.91 Å². The van der Waals surface area contributed by atoms with E-state index >= 15 is 0 Å². The molecule has 3 aromatic rings. The van der Waals surface area contributed by atoms with Crippen LogP contribution in [0.15, 0.2) is 60.9 Å². The molecule has 1 N–H and O–H groups in total. The number of rotatable bonds is 3. The number of hydrogen-bond donors (Lipinski definition) is 1. The molecule has 110 valence electrons. The lowest BCUT2D eigenvalue weighted by atomic mass is 10.1. The van der Waals surface area contributed by atoms with Crippen LogP contribution < -0.4 is 10.2 Å². The Morgan fingerprint density at radius 2 is 1.77 bits per heavy atom. The number of nitrogens with one attached hydrogen (secondary N) is 1. The van der Waals surface area contributed by atoms with Crippen LogP contribution in [0.2, 0.25) is 0 Å². The van der Waals surface area contributed by atoms with Gasteiger partial charge in [-0.05, 0) is 24.3 Å². The van der Waals surface area contributed by atoms with Gasteiger partial charge in [-0.25, -0.2) is 0 Å². The minimum atomic E-state index is -0.0700. The second-order valence-electron chi connectivity index (χ2n) is 5.17. The van der Waals surface area contributed by atoms with E-state index < -0.39 is 0 Å². The third kappa shape index (κ3) is 2.76. The smallest absolute Gasteiger partial charge is 0.221 e. The van der Waals surface area contributed by atoms with E-state index in [4.69, 9.17) is 0 Å². The van der Waals surface area contributed by atoms with Crippen LogP contribution >= 0.6 is 0 Å². The summed E-state index contributed by atoms with van der Waals surface area (Å²) in [5.41, 5.74) is 2.87. The number of pyridine rings is 1. The van der Waals surface area contributed by atoms with Crippen LogP contribution in [0.25, 0.3) is 10.8 Å². The molecule has 0 atom stereocenters. The molecule has 0 aliphatic heterocycles. The molecule has 0 bridgehead atoms. The number of anilines is 3. The predicted molar refractivity (Wildman–Crippen MR) is 90.6 cm³/mol. The Hall–Kier alpha value is -2.88. The average Bonchev–Trinajstić information content (AvgIpc) is 2.54. The summed E-state index contributed by atoms with van der Waals surface area (Å²) in [6, 6.07) is 15.9. The van der Waals surface area contributed by atoms with E-state index in [0.29, 0.717) is 0 Å². The zero-order valence-electron chi connectivity index (χ0n) is 12.6. The molecule has 0 aliphatic rings. The number of aromatic nitrogens is 1. The third-order valence-electron chi connectivity index (χ3n) is 3.58. The first-order valence-corrected chi connectivity index (χ1v) is 7.09. The fourth-order valence-electron chi connectivity index (χ4n) is 2.48. The normalized spacial score (nSPS) is 10.5. The number of nitrogens with zero attached hydrogens (tertiary/aromatic N) is 2. The van der Waals surface area contributed by atoms with Crippen molar-refractivity contribution in [1.82, 2.24) is 4.98 Å². The summed E-state index contributed by atoms with van der Waals surface area (Å²) < 4.78 is 0. The van der Waals surface area contributed by atoms with Crippen LogP contribution in [0.1, 0.15) is 6.92 Å². The molecule has 4 nitrogen and oxygen atoms in total. The molecule has 2 aromatic carbocycles. The Morgan fingerprint density at radius 1 is 1.05 bits per heavy atom. The van der Waals surface area contributed by atoms with Crippen molar-refractivity contribution in [2.45, 2.75) is 6.92 Å². The SMILES string of the molecule is CC(=O)Nc1ccc(N(C)c2cncc3ccccc23)cc1. The second-order valence-corrected chi connectivity index (χ2v) is 5.17. The zero-order chi connectivity index (χ0) is 15.5. The number of carbonyl (C=O) groups excluding carboxylic acids is 1. The van der Waals surface area contributed by atoms with E-state index in [0.717, 1.165) is 27.8 Å². The Labute approximate surface area is 129 Å². The van der Waals surface area contributed by atoms with Crippen LogP contribution in [0.3, 0.4) is 0 Å². The van der Waals surface area contributed by atoms with Gasteiger partial charge >= 0.3 is 0 Å². The predicted octanol–water partition coefficient (Wildman–Crippen LogP) is 3.96. The first kappa shape index (κ1) is 14.1. The van der Waals surface area contributed by atoms with Gasteiger partial charge < -0.3 is 10.2 Å². The molecular formula is C18H17N3O. The maximum absolute atomic E-state index is 11.1. The highest BCUT2D eigenvalue weighted by molar-refractivity contribution is 5.95. The quantitative estimate of drug-likeness (QED) is 0.794. The number of hydrogen-bond acceptors (Lipinski definition) is 3. The molecule has 3 rings (SSSR count). The Morgan fingerprint density at radius 3 is 2.50 bits per heavy atom. The molecule has 0 radical (unpaired) electrons. The first-order valence-electron chi connectivity index (χ1n) is 7.09. The van der Waals surface area contributed by atoms with E-state index in [1.807, 2.05) is 55.8 Å².